The molecule has 0 spiro atoms. The van der Waals surface area contributed by atoms with Crippen LogP contribution in [0.1, 0.15) is 26.6 Å². The average molecular weight is 337 g/mol. The fourth-order valence-electron chi connectivity index (χ4n) is 2.59. The number of morpholine rings is 1. The summed E-state index contributed by atoms with van der Waals surface area (Å²) in [5.41, 5.74) is 0. The van der Waals surface area contributed by atoms with Crippen LogP contribution >= 0.6 is 0 Å². The van der Waals surface area contributed by atoms with Crippen LogP contribution in [0.15, 0.2) is 11.3 Å². The Morgan fingerprint density at radius 1 is 1.33 bits per heavy atom. The van der Waals surface area contributed by atoms with Gasteiger partial charge < -0.3 is 19.9 Å². The minimum absolute atomic E-state index is 0.348. The van der Waals surface area contributed by atoms with Gasteiger partial charge in [-0.05, 0) is 13.8 Å². The maximum atomic E-state index is 5.37. The van der Waals surface area contributed by atoms with Crippen LogP contribution in [-0.4, -0.2) is 77.6 Å². The SMILES string of the molecule is CCc1nncn1CCNC(=NCCN1CCOCC1)NC(C)C. The van der Waals surface area contributed by atoms with Crippen LogP contribution in [0.2, 0.25) is 0 Å². The summed E-state index contributed by atoms with van der Waals surface area (Å²) in [5.74, 6) is 1.88. The summed E-state index contributed by atoms with van der Waals surface area (Å²) in [6.07, 6.45) is 2.68. The van der Waals surface area contributed by atoms with Gasteiger partial charge in [-0.15, -0.1) is 10.2 Å². The molecule has 1 saturated heterocycles. The van der Waals surface area contributed by atoms with Crippen LogP contribution in [0, 0.1) is 0 Å². The Balaban J connectivity index is 1.77. The zero-order valence-corrected chi connectivity index (χ0v) is 15.2. The standard InChI is InChI=1S/C16H31N7O/c1-4-15-21-19-13-23(15)8-6-18-16(20-14(2)3)17-5-7-22-9-11-24-12-10-22/h13-14H,4-12H2,1-3H3,(H2,17,18,20). The van der Waals surface area contributed by atoms with Crippen LogP contribution in [0.3, 0.4) is 0 Å². The summed E-state index contributed by atoms with van der Waals surface area (Å²) < 4.78 is 7.45. The normalized spacial score (nSPS) is 16.6. The lowest BCUT2D eigenvalue weighted by Crippen LogP contribution is -2.43. The number of hydrogen-bond acceptors (Lipinski definition) is 5. The predicted octanol–water partition coefficient (Wildman–Crippen LogP) is 0.116. The number of ether oxygens (including phenoxy) is 1. The van der Waals surface area contributed by atoms with Gasteiger partial charge >= 0.3 is 0 Å². The largest absolute Gasteiger partial charge is 0.379 e. The second-order valence-corrected chi connectivity index (χ2v) is 6.20. The van der Waals surface area contributed by atoms with Crippen molar-refractivity contribution >= 4 is 5.96 Å². The molecule has 0 amide bonds. The number of hydrogen-bond donors (Lipinski definition) is 2. The first kappa shape index (κ1) is 18.7. The molecule has 0 atom stereocenters. The molecule has 2 rings (SSSR count). The van der Waals surface area contributed by atoms with Crippen molar-refractivity contribution in [2.24, 2.45) is 4.99 Å². The summed E-state index contributed by atoms with van der Waals surface area (Å²) >= 11 is 0. The van der Waals surface area contributed by atoms with E-state index >= 15 is 0 Å². The Morgan fingerprint density at radius 2 is 2.12 bits per heavy atom. The maximum absolute atomic E-state index is 5.37. The van der Waals surface area contributed by atoms with Crippen LogP contribution in [0.4, 0.5) is 0 Å². The molecule has 1 fully saturated rings. The van der Waals surface area contributed by atoms with Gasteiger partial charge in [-0.2, -0.15) is 0 Å². The molecule has 0 saturated carbocycles. The Labute approximate surface area is 144 Å². The van der Waals surface area contributed by atoms with Crippen LogP contribution in [0.5, 0.6) is 0 Å². The van der Waals surface area contributed by atoms with Gasteiger partial charge in [0, 0.05) is 45.2 Å². The lowest BCUT2D eigenvalue weighted by atomic mass is 10.4. The maximum Gasteiger partial charge on any atom is 0.191 e. The number of guanidine groups is 1. The minimum atomic E-state index is 0.348. The fourth-order valence-corrected chi connectivity index (χ4v) is 2.59. The van der Waals surface area contributed by atoms with E-state index in [1.54, 1.807) is 6.33 Å². The molecule has 1 aromatic heterocycles. The first-order valence-electron chi connectivity index (χ1n) is 8.90. The van der Waals surface area contributed by atoms with Crippen molar-refractivity contribution in [2.75, 3.05) is 45.9 Å². The topological polar surface area (TPSA) is 79.6 Å². The number of nitrogens with zero attached hydrogens (tertiary/aromatic N) is 5. The van der Waals surface area contributed by atoms with E-state index < -0.39 is 0 Å². The van der Waals surface area contributed by atoms with Crippen molar-refractivity contribution in [3.05, 3.63) is 12.2 Å². The monoisotopic (exact) mass is 337 g/mol. The second kappa shape index (κ2) is 10.2. The zero-order valence-electron chi connectivity index (χ0n) is 15.2. The van der Waals surface area contributed by atoms with Crippen molar-refractivity contribution in [1.82, 2.24) is 30.3 Å². The van der Waals surface area contributed by atoms with Crippen molar-refractivity contribution in [1.29, 1.82) is 0 Å². The second-order valence-electron chi connectivity index (χ2n) is 6.20. The van der Waals surface area contributed by atoms with Gasteiger partial charge in [0.15, 0.2) is 5.96 Å². The molecule has 0 aromatic carbocycles. The molecule has 1 aliphatic rings. The van der Waals surface area contributed by atoms with Gasteiger partial charge in [-0.3, -0.25) is 9.89 Å². The van der Waals surface area contributed by atoms with Crippen molar-refractivity contribution in [3.8, 4) is 0 Å². The van der Waals surface area contributed by atoms with Gasteiger partial charge in [-0.25, -0.2) is 0 Å². The van der Waals surface area contributed by atoms with Crippen LogP contribution in [-0.2, 0) is 17.7 Å². The zero-order chi connectivity index (χ0) is 17.2. The summed E-state index contributed by atoms with van der Waals surface area (Å²) in [6.45, 7) is 13.4. The van der Waals surface area contributed by atoms with Crippen molar-refractivity contribution < 1.29 is 4.74 Å². The smallest absolute Gasteiger partial charge is 0.191 e. The Bertz CT molecular complexity index is 494. The van der Waals surface area contributed by atoms with E-state index in [1.165, 1.54) is 0 Å². The molecule has 0 bridgehead atoms. The Hall–Kier alpha value is -1.67. The summed E-state index contributed by atoms with van der Waals surface area (Å²) in [6, 6.07) is 0.348. The summed E-state index contributed by atoms with van der Waals surface area (Å²) in [7, 11) is 0. The third-order valence-electron chi connectivity index (χ3n) is 3.87. The Kier molecular flexibility index (Phi) is 7.97. The van der Waals surface area contributed by atoms with Gasteiger partial charge in [0.05, 0.1) is 19.8 Å². The third-order valence-corrected chi connectivity index (χ3v) is 3.87. The lowest BCUT2D eigenvalue weighted by molar-refractivity contribution is 0.0394. The van der Waals surface area contributed by atoms with Crippen molar-refractivity contribution in [3.63, 3.8) is 0 Å². The highest BCUT2D eigenvalue weighted by atomic mass is 16.5. The molecule has 1 aliphatic heterocycles. The quantitative estimate of drug-likeness (QED) is 0.518. The molecule has 2 N–H and O–H groups in total. The molecular formula is C16H31N7O. The summed E-state index contributed by atoms with van der Waals surface area (Å²) in [5, 5.41) is 14.8. The Morgan fingerprint density at radius 3 is 2.83 bits per heavy atom. The lowest BCUT2D eigenvalue weighted by Gasteiger charge is -2.26. The first-order valence-corrected chi connectivity index (χ1v) is 8.90. The average Bonchev–Trinajstić information content (AvgIpc) is 3.02. The number of nitrogens with one attached hydrogen (secondary N) is 2. The highest BCUT2D eigenvalue weighted by Crippen LogP contribution is 1.96. The molecule has 136 valence electrons. The van der Waals surface area contributed by atoms with E-state index in [2.05, 4.69) is 51.1 Å². The number of rotatable bonds is 8. The van der Waals surface area contributed by atoms with Crippen molar-refractivity contribution in [2.45, 2.75) is 39.8 Å². The number of aromatic nitrogens is 3. The molecular weight excluding hydrogens is 306 g/mol. The van der Waals surface area contributed by atoms with Crippen LogP contribution < -0.4 is 10.6 Å². The highest BCUT2D eigenvalue weighted by Gasteiger charge is 2.09. The molecule has 24 heavy (non-hydrogen) atoms. The molecule has 0 aliphatic carbocycles. The van der Waals surface area contributed by atoms with E-state index in [0.29, 0.717) is 6.04 Å². The van der Waals surface area contributed by atoms with Gasteiger partial charge in [0.1, 0.15) is 12.2 Å². The molecule has 2 heterocycles. The fraction of sp³-hybridized carbons (Fsp3) is 0.812. The third kappa shape index (κ3) is 6.45. The summed E-state index contributed by atoms with van der Waals surface area (Å²) in [4.78, 5) is 7.08. The van der Waals surface area contributed by atoms with E-state index in [4.69, 9.17) is 9.73 Å². The predicted molar refractivity (Wildman–Crippen MR) is 95.2 cm³/mol. The van der Waals surface area contributed by atoms with E-state index in [9.17, 15) is 0 Å². The number of aliphatic imine (C=N–C) groups is 1. The molecule has 8 nitrogen and oxygen atoms in total. The van der Waals surface area contributed by atoms with E-state index in [0.717, 1.165) is 70.7 Å². The van der Waals surface area contributed by atoms with Gasteiger partial charge in [-0.1, -0.05) is 6.92 Å². The van der Waals surface area contributed by atoms with Gasteiger partial charge in [0.25, 0.3) is 0 Å². The highest BCUT2D eigenvalue weighted by molar-refractivity contribution is 5.80. The van der Waals surface area contributed by atoms with E-state index in [-0.39, 0.29) is 0 Å². The molecule has 1 aromatic rings. The van der Waals surface area contributed by atoms with Gasteiger partial charge in [0.2, 0.25) is 0 Å². The first-order chi connectivity index (χ1) is 11.7. The number of aryl methyl sites for hydroxylation is 1. The van der Waals surface area contributed by atoms with E-state index in [1.807, 2.05) is 0 Å². The van der Waals surface area contributed by atoms with Crippen LogP contribution in [0.25, 0.3) is 0 Å². The minimum Gasteiger partial charge on any atom is -0.379 e. The molecule has 0 radical (unpaired) electrons. The molecule has 0 unspecified atom stereocenters. The molecule has 8 heteroatoms.